The molecule has 0 heterocycles. The molecule has 0 spiro atoms. The van der Waals surface area contributed by atoms with Crippen LogP contribution >= 0.6 is 0 Å². The summed E-state index contributed by atoms with van der Waals surface area (Å²) in [5.41, 5.74) is 0.813. The maximum atomic E-state index is 11.1. The second kappa shape index (κ2) is 7.18. The number of ether oxygens (including phenoxy) is 1. The third kappa shape index (κ3) is 4.47. The molecule has 0 atom stereocenters. The van der Waals surface area contributed by atoms with Gasteiger partial charge < -0.3 is 15.4 Å². The Morgan fingerprint density at radius 2 is 2.12 bits per heavy atom. The molecule has 4 nitrogen and oxygen atoms in total. The smallest absolute Gasteiger partial charge is 0.315 e. The van der Waals surface area contributed by atoms with Gasteiger partial charge in [0.2, 0.25) is 0 Å². The third-order valence-electron chi connectivity index (χ3n) is 2.00. The SMILES string of the molecule is CCNC(=O)NCC#Cc1ccccc1OC. The number of rotatable bonds is 3. The van der Waals surface area contributed by atoms with Crippen molar-refractivity contribution in [1.82, 2.24) is 10.6 Å². The number of amides is 2. The van der Waals surface area contributed by atoms with Crippen molar-refractivity contribution < 1.29 is 9.53 Å². The summed E-state index contributed by atoms with van der Waals surface area (Å²) in [6.45, 7) is 2.77. The molecule has 0 aliphatic heterocycles. The summed E-state index contributed by atoms with van der Waals surface area (Å²) in [6, 6.07) is 7.29. The summed E-state index contributed by atoms with van der Waals surface area (Å²) >= 11 is 0. The van der Waals surface area contributed by atoms with E-state index < -0.39 is 0 Å². The zero-order valence-corrected chi connectivity index (χ0v) is 10.0. The Bertz CT molecular complexity index is 433. The zero-order chi connectivity index (χ0) is 12.5. The van der Waals surface area contributed by atoms with Crippen LogP contribution in [-0.4, -0.2) is 26.2 Å². The van der Waals surface area contributed by atoms with Gasteiger partial charge in [-0.2, -0.15) is 0 Å². The Hall–Kier alpha value is -2.15. The fraction of sp³-hybridized carbons (Fsp3) is 0.308. The van der Waals surface area contributed by atoms with Crippen LogP contribution in [0.2, 0.25) is 0 Å². The first kappa shape index (κ1) is 12.9. The van der Waals surface area contributed by atoms with Crippen molar-refractivity contribution in [3.05, 3.63) is 29.8 Å². The molecule has 0 bridgehead atoms. The molecule has 90 valence electrons. The highest BCUT2D eigenvalue weighted by Gasteiger charge is 1.96. The van der Waals surface area contributed by atoms with Crippen LogP contribution in [0.25, 0.3) is 0 Å². The number of para-hydroxylation sites is 1. The fourth-order valence-electron chi connectivity index (χ4n) is 1.23. The minimum atomic E-state index is -0.207. The van der Waals surface area contributed by atoms with Crippen molar-refractivity contribution in [3.63, 3.8) is 0 Å². The molecule has 4 heteroatoms. The van der Waals surface area contributed by atoms with Crippen molar-refractivity contribution in [2.75, 3.05) is 20.2 Å². The number of benzene rings is 1. The van der Waals surface area contributed by atoms with Crippen LogP contribution in [0, 0.1) is 11.8 Å². The Balaban J connectivity index is 2.51. The molecular weight excluding hydrogens is 216 g/mol. The molecular formula is C13H16N2O2. The molecule has 0 aliphatic carbocycles. The number of carbonyl (C=O) groups is 1. The first-order valence-corrected chi connectivity index (χ1v) is 5.41. The molecule has 1 rings (SSSR count). The lowest BCUT2D eigenvalue weighted by molar-refractivity contribution is 0.242. The van der Waals surface area contributed by atoms with Crippen molar-refractivity contribution in [2.24, 2.45) is 0 Å². The van der Waals surface area contributed by atoms with Gasteiger partial charge >= 0.3 is 6.03 Å². The van der Waals surface area contributed by atoms with Gasteiger partial charge in [-0.3, -0.25) is 0 Å². The average Bonchev–Trinajstić information content (AvgIpc) is 2.35. The van der Waals surface area contributed by atoms with Gasteiger partial charge in [-0.15, -0.1) is 0 Å². The summed E-state index contributed by atoms with van der Waals surface area (Å²) in [6.07, 6.45) is 0. The van der Waals surface area contributed by atoms with E-state index in [1.54, 1.807) is 7.11 Å². The second-order valence-electron chi connectivity index (χ2n) is 3.22. The lowest BCUT2D eigenvalue weighted by atomic mass is 10.2. The van der Waals surface area contributed by atoms with Crippen molar-refractivity contribution in [1.29, 1.82) is 0 Å². The normalized spacial score (nSPS) is 8.82. The molecule has 0 aromatic heterocycles. The maximum absolute atomic E-state index is 11.1. The standard InChI is InChI=1S/C13H16N2O2/c1-3-14-13(16)15-10-6-8-11-7-4-5-9-12(11)17-2/h4-5,7,9H,3,10H2,1-2H3,(H2,14,15,16). The van der Waals surface area contributed by atoms with Gasteiger partial charge in [0.25, 0.3) is 0 Å². The van der Waals surface area contributed by atoms with E-state index in [9.17, 15) is 4.79 Å². The van der Waals surface area contributed by atoms with Crippen molar-refractivity contribution in [3.8, 4) is 17.6 Å². The predicted octanol–water partition coefficient (Wildman–Crippen LogP) is 1.37. The molecule has 0 radical (unpaired) electrons. The van der Waals surface area contributed by atoms with E-state index in [2.05, 4.69) is 22.5 Å². The van der Waals surface area contributed by atoms with Gasteiger partial charge in [0.15, 0.2) is 0 Å². The average molecular weight is 232 g/mol. The van der Waals surface area contributed by atoms with Crippen LogP contribution in [0.5, 0.6) is 5.75 Å². The molecule has 1 aromatic carbocycles. The van der Waals surface area contributed by atoms with Gasteiger partial charge in [-0.1, -0.05) is 24.0 Å². The van der Waals surface area contributed by atoms with Crippen LogP contribution in [0.15, 0.2) is 24.3 Å². The summed E-state index contributed by atoms with van der Waals surface area (Å²) in [5.74, 6) is 6.54. The minimum Gasteiger partial charge on any atom is -0.495 e. The first-order chi connectivity index (χ1) is 8.27. The van der Waals surface area contributed by atoms with E-state index in [0.717, 1.165) is 11.3 Å². The van der Waals surface area contributed by atoms with Gasteiger partial charge in [0.05, 0.1) is 19.2 Å². The molecule has 0 saturated carbocycles. The highest BCUT2D eigenvalue weighted by atomic mass is 16.5. The van der Waals surface area contributed by atoms with Gasteiger partial charge in [0.1, 0.15) is 5.75 Å². The zero-order valence-electron chi connectivity index (χ0n) is 10.0. The number of carbonyl (C=O) groups excluding carboxylic acids is 1. The van der Waals surface area contributed by atoms with Crippen LogP contribution < -0.4 is 15.4 Å². The topological polar surface area (TPSA) is 50.4 Å². The fourth-order valence-corrected chi connectivity index (χ4v) is 1.23. The molecule has 0 aliphatic rings. The molecule has 0 unspecified atom stereocenters. The quantitative estimate of drug-likeness (QED) is 0.773. The van der Waals surface area contributed by atoms with Crippen molar-refractivity contribution in [2.45, 2.75) is 6.92 Å². The number of nitrogens with one attached hydrogen (secondary N) is 2. The molecule has 2 N–H and O–H groups in total. The second-order valence-corrected chi connectivity index (χ2v) is 3.22. The van der Waals surface area contributed by atoms with E-state index >= 15 is 0 Å². The maximum Gasteiger partial charge on any atom is 0.315 e. The molecule has 1 aromatic rings. The summed E-state index contributed by atoms with van der Waals surface area (Å²) in [5, 5.41) is 5.25. The van der Waals surface area contributed by atoms with Gasteiger partial charge in [-0.05, 0) is 19.1 Å². The minimum absolute atomic E-state index is 0.207. The van der Waals surface area contributed by atoms with Crippen LogP contribution in [0.3, 0.4) is 0 Å². The summed E-state index contributed by atoms with van der Waals surface area (Å²) in [4.78, 5) is 11.1. The van der Waals surface area contributed by atoms with Gasteiger partial charge in [0, 0.05) is 6.54 Å². The first-order valence-electron chi connectivity index (χ1n) is 5.41. The Labute approximate surface area is 101 Å². The summed E-state index contributed by atoms with van der Waals surface area (Å²) < 4.78 is 5.16. The van der Waals surface area contributed by atoms with Crippen molar-refractivity contribution >= 4 is 6.03 Å². The van der Waals surface area contributed by atoms with E-state index in [4.69, 9.17) is 4.74 Å². The Morgan fingerprint density at radius 1 is 1.35 bits per heavy atom. The molecule has 0 fully saturated rings. The van der Waals surface area contributed by atoms with E-state index in [1.165, 1.54) is 0 Å². The summed E-state index contributed by atoms with van der Waals surface area (Å²) in [7, 11) is 1.60. The molecule has 2 amide bonds. The number of hydrogen-bond donors (Lipinski definition) is 2. The van der Waals surface area contributed by atoms with Crippen LogP contribution in [0.4, 0.5) is 4.79 Å². The number of urea groups is 1. The van der Waals surface area contributed by atoms with Crippen LogP contribution in [0.1, 0.15) is 12.5 Å². The lowest BCUT2D eigenvalue weighted by Crippen LogP contribution is -2.35. The highest BCUT2D eigenvalue weighted by molar-refractivity contribution is 5.74. The lowest BCUT2D eigenvalue weighted by Gasteiger charge is -2.02. The molecule has 17 heavy (non-hydrogen) atoms. The Morgan fingerprint density at radius 3 is 2.82 bits per heavy atom. The Kier molecular flexibility index (Phi) is 5.45. The van der Waals surface area contributed by atoms with E-state index in [0.29, 0.717) is 13.1 Å². The molecule has 0 saturated heterocycles. The van der Waals surface area contributed by atoms with Gasteiger partial charge in [-0.25, -0.2) is 4.79 Å². The number of methoxy groups -OCH3 is 1. The van der Waals surface area contributed by atoms with E-state index in [-0.39, 0.29) is 6.03 Å². The van der Waals surface area contributed by atoms with Crippen LogP contribution in [-0.2, 0) is 0 Å². The monoisotopic (exact) mass is 232 g/mol. The number of hydrogen-bond acceptors (Lipinski definition) is 2. The predicted molar refractivity (Wildman–Crippen MR) is 66.9 cm³/mol. The largest absolute Gasteiger partial charge is 0.495 e. The third-order valence-corrected chi connectivity index (χ3v) is 2.00. The highest BCUT2D eigenvalue weighted by Crippen LogP contribution is 2.15. The van der Waals surface area contributed by atoms with E-state index in [1.807, 2.05) is 31.2 Å².